The van der Waals surface area contributed by atoms with Gasteiger partial charge in [0.1, 0.15) is 12.0 Å². The SMILES string of the molecule is COc1ncc(-c2cnc(NC[C@]3(c4ncccc4F)C[C@H](F)C3)nc2)c(OC)n1. The second kappa shape index (κ2) is 8.13. The Hall–Kier alpha value is -3.43. The Kier molecular flexibility index (Phi) is 5.39. The third kappa shape index (κ3) is 3.72. The average Bonchev–Trinajstić information content (AvgIpc) is 2.76. The van der Waals surface area contributed by atoms with Gasteiger partial charge in [-0.1, -0.05) is 0 Å². The highest BCUT2D eigenvalue weighted by Gasteiger charge is 2.48. The number of ether oxygens (including phenoxy) is 2. The molecule has 1 fully saturated rings. The third-order valence-corrected chi connectivity index (χ3v) is 5.14. The summed E-state index contributed by atoms with van der Waals surface area (Å²) in [4.78, 5) is 21.0. The monoisotopic (exact) mass is 414 g/mol. The Balaban J connectivity index is 1.51. The molecule has 0 saturated heterocycles. The summed E-state index contributed by atoms with van der Waals surface area (Å²) in [7, 11) is 2.96. The fourth-order valence-electron chi connectivity index (χ4n) is 3.60. The molecule has 0 unspecified atom stereocenters. The van der Waals surface area contributed by atoms with E-state index in [0.29, 0.717) is 23.0 Å². The minimum Gasteiger partial charge on any atom is -0.480 e. The molecule has 0 aliphatic heterocycles. The summed E-state index contributed by atoms with van der Waals surface area (Å²) in [6.45, 7) is 0.273. The number of alkyl halides is 1. The van der Waals surface area contributed by atoms with E-state index in [0.717, 1.165) is 0 Å². The van der Waals surface area contributed by atoms with Gasteiger partial charge in [-0.15, -0.1) is 0 Å². The van der Waals surface area contributed by atoms with Crippen molar-refractivity contribution in [3.63, 3.8) is 0 Å². The Labute approximate surface area is 171 Å². The highest BCUT2D eigenvalue weighted by Crippen LogP contribution is 2.45. The Morgan fingerprint density at radius 2 is 1.87 bits per heavy atom. The fourth-order valence-corrected chi connectivity index (χ4v) is 3.60. The van der Waals surface area contributed by atoms with Gasteiger partial charge in [-0.05, 0) is 25.0 Å². The predicted molar refractivity (Wildman–Crippen MR) is 105 cm³/mol. The van der Waals surface area contributed by atoms with E-state index in [1.807, 2.05) is 0 Å². The van der Waals surface area contributed by atoms with Crippen LogP contribution in [0, 0.1) is 5.82 Å². The molecule has 3 aromatic rings. The summed E-state index contributed by atoms with van der Waals surface area (Å²) in [6, 6.07) is 3.05. The predicted octanol–water partition coefficient (Wildman–Crippen LogP) is 2.97. The molecule has 3 heterocycles. The van der Waals surface area contributed by atoms with Crippen molar-refractivity contribution >= 4 is 5.95 Å². The highest BCUT2D eigenvalue weighted by molar-refractivity contribution is 5.66. The Morgan fingerprint density at radius 3 is 2.50 bits per heavy atom. The van der Waals surface area contributed by atoms with Crippen molar-refractivity contribution in [3.05, 3.63) is 48.4 Å². The zero-order valence-corrected chi connectivity index (χ0v) is 16.5. The van der Waals surface area contributed by atoms with Crippen molar-refractivity contribution in [1.82, 2.24) is 24.9 Å². The molecule has 0 aromatic carbocycles. The third-order valence-electron chi connectivity index (χ3n) is 5.14. The maximum absolute atomic E-state index is 14.2. The van der Waals surface area contributed by atoms with Crippen LogP contribution in [-0.4, -0.2) is 51.9 Å². The van der Waals surface area contributed by atoms with E-state index in [1.165, 1.54) is 32.5 Å². The Bertz CT molecular complexity index is 1030. The van der Waals surface area contributed by atoms with Crippen molar-refractivity contribution < 1.29 is 18.3 Å². The first kappa shape index (κ1) is 19.9. The number of methoxy groups -OCH3 is 2. The van der Waals surface area contributed by atoms with Gasteiger partial charge in [0.25, 0.3) is 0 Å². The van der Waals surface area contributed by atoms with Crippen LogP contribution >= 0.6 is 0 Å². The molecular formula is C20H20F2N6O2. The molecule has 1 aliphatic rings. The van der Waals surface area contributed by atoms with E-state index < -0.39 is 17.4 Å². The molecule has 156 valence electrons. The smallest absolute Gasteiger partial charge is 0.319 e. The molecule has 1 aliphatic carbocycles. The van der Waals surface area contributed by atoms with Crippen LogP contribution in [0.1, 0.15) is 18.5 Å². The number of nitrogens with zero attached hydrogens (tertiary/aromatic N) is 5. The zero-order chi connectivity index (χ0) is 21.1. The van der Waals surface area contributed by atoms with Crippen LogP contribution in [0.25, 0.3) is 11.1 Å². The van der Waals surface area contributed by atoms with Gasteiger partial charge in [0.15, 0.2) is 0 Å². The maximum atomic E-state index is 14.2. The van der Waals surface area contributed by atoms with Gasteiger partial charge in [0.2, 0.25) is 11.8 Å². The second-order valence-corrected chi connectivity index (χ2v) is 7.05. The normalized spacial score (nSPS) is 20.3. The lowest BCUT2D eigenvalue weighted by atomic mass is 9.65. The maximum Gasteiger partial charge on any atom is 0.319 e. The molecule has 10 heteroatoms. The lowest BCUT2D eigenvalue weighted by Gasteiger charge is -2.43. The van der Waals surface area contributed by atoms with Gasteiger partial charge in [0, 0.05) is 42.3 Å². The first-order valence-corrected chi connectivity index (χ1v) is 9.31. The van der Waals surface area contributed by atoms with Gasteiger partial charge in [-0.2, -0.15) is 4.98 Å². The number of nitrogens with one attached hydrogen (secondary N) is 1. The molecular weight excluding hydrogens is 394 g/mol. The van der Waals surface area contributed by atoms with Crippen molar-refractivity contribution in [3.8, 4) is 23.0 Å². The summed E-state index contributed by atoms with van der Waals surface area (Å²) in [5, 5.41) is 3.08. The first-order chi connectivity index (χ1) is 14.5. The molecule has 3 aromatic heterocycles. The van der Waals surface area contributed by atoms with Crippen molar-refractivity contribution in [2.75, 3.05) is 26.1 Å². The number of aromatic nitrogens is 5. The summed E-state index contributed by atoms with van der Waals surface area (Å²) >= 11 is 0. The van der Waals surface area contributed by atoms with Gasteiger partial charge >= 0.3 is 6.01 Å². The first-order valence-electron chi connectivity index (χ1n) is 9.31. The standard InChI is InChI=1S/C20H20F2N6O2/c1-29-17-14(10-26-19(28-17)30-2)12-8-24-18(25-9-12)27-11-20(6-13(21)7-20)16-15(22)4-3-5-23-16/h3-5,8-10,13H,6-7,11H2,1-2H3,(H,24,25,27)/t13-,20-. The van der Waals surface area contributed by atoms with Crippen LogP contribution in [0.4, 0.5) is 14.7 Å². The molecule has 8 nitrogen and oxygen atoms in total. The number of pyridine rings is 1. The van der Waals surface area contributed by atoms with Crippen LogP contribution in [0.5, 0.6) is 11.9 Å². The van der Waals surface area contributed by atoms with E-state index in [2.05, 4.69) is 30.2 Å². The average molecular weight is 414 g/mol. The van der Waals surface area contributed by atoms with E-state index in [1.54, 1.807) is 18.6 Å². The lowest BCUT2D eigenvalue weighted by Crippen LogP contribution is -2.49. The van der Waals surface area contributed by atoms with Crippen LogP contribution < -0.4 is 14.8 Å². The molecule has 0 amide bonds. The van der Waals surface area contributed by atoms with Crippen molar-refractivity contribution in [1.29, 1.82) is 0 Å². The van der Waals surface area contributed by atoms with E-state index in [-0.39, 0.29) is 31.1 Å². The molecule has 30 heavy (non-hydrogen) atoms. The number of hydrogen-bond acceptors (Lipinski definition) is 8. The molecule has 0 spiro atoms. The zero-order valence-electron chi connectivity index (χ0n) is 16.5. The summed E-state index contributed by atoms with van der Waals surface area (Å²) in [6.07, 6.45) is 5.69. The minimum absolute atomic E-state index is 0.188. The number of hydrogen-bond donors (Lipinski definition) is 1. The van der Waals surface area contributed by atoms with Gasteiger partial charge in [-0.3, -0.25) is 4.98 Å². The number of halogens is 2. The summed E-state index contributed by atoms with van der Waals surface area (Å²) < 4.78 is 38.2. The van der Waals surface area contributed by atoms with E-state index in [4.69, 9.17) is 9.47 Å². The van der Waals surface area contributed by atoms with Crippen LogP contribution in [-0.2, 0) is 5.41 Å². The van der Waals surface area contributed by atoms with E-state index >= 15 is 0 Å². The molecule has 0 radical (unpaired) electrons. The summed E-state index contributed by atoms with van der Waals surface area (Å²) in [5.74, 6) is 0.235. The topological polar surface area (TPSA) is 94.9 Å². The van der Waals surface area contributed by atoms with Gasteiger partial charge in [-0.25, -0.2) is 23.7 Å². The van der Waals surface area contributed by atoms with Gasteiger partial charge < -0.3 is 14.8 Å². The molecule has 0 atom stereocenters. The largest absolute Gasteiger partial charge is 0.480 e. The fraction of sp³-hybridized carbons (Fsp3) is 0.350. The van der Waals surface area contributed by atoms with Crippen molar-refractivity contribution in [2.24, 2.45) is 0 Å². The number of rotatable bonds is 7. The quantitative estimate of drug-likeness (QED) is 0.631. The second-order valence-electron chi connectivity index (χ2n) is 7.05. The minimum atomic E-state index is -0.973. The highest BCUT2D eigenvalue weighted by atomic mass is 19.1. The molecule has 0 bridgehead atoms. The molecule has 4 rings (SSSR count). The van der Waals surface area contributed by atoms with Crippen LogP contribution in [0.2, 0.25) is 0 Å². The van der Waals surface area contributed by atoms with Crippen LogP contribution in [0.3, 0.4) is 0 Å². The van der Waals surface area contributed by atoms with Crippen LogP contribution in [0.15, 0.2) is 36.9 Å². The lowest BCUT2D eigenvalue weighted by molar-refractivity contribution is 0.0963. The summed E-state index contributed by atoms with van der Waals surface area (Å²) in [5.41, 5.74) is 0.803. The van der Waals surface area contributed by atoms with Crippen molar-refractivity contribution in [2.45, 2.75) is 24.4 Å². The van der Waals surface area contributed by atoms with E-state index in [9.17, 15) is 8.78 Å². The Morgan fingerprint density at radius 1 is 1.10 bits per heavy atom. The van der Waals surface area contributed by atoms with Gasteiger partial charge in [0.05, 0.1) is 25.5 Å². The molecule has 1 saturated carbocycles. The molecule has 1 N–H and O–H groups in total. The number of anilines is 1.